The molecule has 3 aromatic carbocycles. The molecule has 4 aromatic rings. The summed E-state index contributed by atoms with van der Waals surface area (Å²) in [5, 5.41) is 5.77. The summed E-state index contributed by atoms with van der Waals surface area (Å²) in [6, 6.07) is 18.5. The molecule has 1 saturated heterocycles. The van der Waals surface area contributed by atoms with Gasteiger partial charge in [0.1, 0.15) is 5.75 Å². The molecular weight excluding hydrogens is 458 g/mol. The van der Waals surface area contributed by atoms with Crippen LogP contribution in [0.4, 0.5) is 5.13 Å². The van der Waals surface area contributed by atoms with Gasteiger partial charge in [0.05, 0.1) is 22.2 Å². The fourth-order valence-corrected chi connectivity index (χ4v) is 6.64. The molecule has 0 radical (unpaired) electrons. The lowest BCUT2D eigenvalue weighted by Gasteiger charge is -2.30. The van der Waals surface area contributed by atoms with Gasteiger partial charge in [-0.15, -0.1) is 0 Å². The number of aromatic nitrogens is 1. The molecule has 1 aliphatic rings. The van der Waals surface area contributed by atoms with Crippen LogP contribution in [-0.4, -0.2) is 43.8 Å². The monoisotopic (exact) mass is 481 g/mol. The Kier molecular flexibility index (Phi) is 5.77. The summed E-state index contributed by atoms with van der Waals surface area (Å²) in [5.41, 5.74) is 0.856. The number of rotatable bonds is 5. The number of anilines is 1. The Labute approximate surface area is 196 Å². The fourth-order valence-electron chi connectivity index (χ4n) is 4.17. The zero-order valence-electron chi connectivity index (χ0n) is 18.0. The van der Waals surface area contributed by atoms with Crippen LogP contribution in [0.5, 0.6) is 5.75 Å². The van der Waals surface area contributed by atoms with E-state index in [1.807, 2.05) is 24.3 Å². The van der Waals surface area contributed by atoms with Crippen LogP contribution in [0.3, 0.4) is 0 Å². The van der Waals surface area contributed by atoms with Gasteiger partial charge < -0.3 is 10.1 Å². The summed E-state index contributed by atoms with van der Waals surface area (Å²) in [6.07, 6.45) is 0.935. The zero-order chi connectivity index (χ0) is 23.0. The van der Waals surface area contributed by atoms with Gasteiger partial charge in [0.15, 0.2) is 5.13 Å². The molecule has 0 aliphatic carbocycles. The highest BCUT2D eigenvalue weighted by molar-refractivity contribution is 7.89. The number of carbonyl (C=O) groups is 1. The van der Waals surface area contributed by atoms with Crippen molar-refractivity contribution < 1.29 is 17.9 Å². The third-order valence-corrected chi connectivity index (χ3v) is 8.96. The number of nitrogens with one attached hydrogen (secondary N) is 1. The number of hydrogen-bond donors (Lipinski definition) is 1. The number of methoxy groups -OCH3 is 1. The number of benzene rings is 3. The van der Waals surface area contributed by atoms with Gasteiger partial charge in [-0.2, -0.15) is 4.31 Å². The molecule has 9 heteroatoms. The summed E-state index contributed by atoms with van der Waals surface area (Å²) in [4.78, 5) is 17.7. The number of sulfonamides is 1. The van der Waals surface area contributed by atoms with E-state index in [4.69, 9.17) is 4.74 Å². The second-order valence-corrected chi connectivity index (χ2v) is 10.9. The van der Waals surface area contributed by atoms with Crippen molar-refractivity contribution >= 4 is 53.4 Å². The van der Waals surface area contributed by atoms with E-state index in [2.05, 4.69) is 22.4 Å². The number of carbonyl (C=O) groups excluding carboxylic acids is 1. The van der Waals surface area contributed by atoms with Gasteiger partial charge in [0, 0.05) is 24.4 Å². The van der Waals surface area contributed by atoms with Gasteiger partial charge in [0.25, 0.3) is 0 Å². The number of fused-ring (bicyclic) bond motifs is 3. The van der Waals surface area contributed by atoms with Crippen molar-refractivity contribution in [3.63, 3.8) is 0 Å². The van der Waals surface area contributed by atoms with E-state index in [-0.39, 0.29) is 16.7 Å². The maximum Gasteiger partial charge on any atom is 0.243 e. The van der Waals surface area contributed by atoms with E-state index >= 15 is 0 Å². The molecule has 0 unspecified atom stereocenters. The minimum Gasteiger partial charge on any atom is -0.497 e. The SMILES string of the molecule is COc1ccc(S(=O)(=O)N2CCC(C(=O)Nc3nc4ccc5ccccc5c4s3)CC2)cc1. The molecule has 1 amide bonds. The van der Waals surface area contributed by atoms with Gasteiger partial charge in [-0.3, -0.25) is 4.79 Å². The van der Waals surface area contributed by atoms with Gasteiger partial charge in [-0.25, -0.2) is 13.4 Å². The second-order valence-electron chi connectivity index (χ2n) is 8.00. The van der Waals surface area contributed by atoms with Crippen LogP contribution < -0.4 is 10.1 Å². The molecule has 0 bridgehead atoms. The molecule has 1 aromatic heterocycles. The molecule has 170 valence electrons. The number of hydrogen-bond acceptors (Lipinski definition) is 6. The normalized spacial score (nSPS) is 15.7. The average molecular weight is 482 g/mol. The Hall–Kier alpha value is -3.01. The van der Waals surface area contributed by atoms with Gasteiger partial charge in [0.2, 0.25) is 15.9 Å². The fraction of sp³-hybridized carbons (Fsp3) is 0.250. The van der Waals surface area contributed by atoms with E-state index in [1.54, 1.807) is 24.3 Å². The number of thiazole rings is 1. The lowest BCUT2D eigenvalue weighted by molar-refractivity contribution is -0.120. The molecule has 1 aliphatic heterocycles. The molecule has 0 saturated carbocycles. The van der Waals surface area contributed by atoms with Crippen molar-refractivity contribution in [1.82, 2.24) is 9.29 Å². The molecule has 0 spiro atoms. The number of ether oxygens (including phenoxy) is 1. The summed E-state index contributed by atoms with van der Waals surface area (Å²) in [5.74, 6) is 0.239. The lowest BCUT2D eigenvalue weighted by Crippen LogP contribution is -2.41. The van der Waals surface area contributed by atoms with E-state index in [9.17, 15) is 13.2 Å². The lowest BCUT2D eigenvalue weighted by atomic mass is 9.97. The highest BCUT2D eigenvalue weighted by atomic mass is 32.2. The van der Waals surface area contributed by atoms with Crippen molar-refractivity contribution in [2.75, 3.05) is 25.5 Å². The molecule has 33 heavy (non-hydrogen) atoms. The highest BCUT2D eigenvalue weighted by Crippen LogP contribution is 2.33. The third kappa shape index (κ3) is 4.19. The molecule has 1 N–H and O–H groups in total. The minimum absolute atomic E-state index is 0.111. The first-order valence-electron chi connectivity index (χ1n) is 10.7. The predicted octanol–water partition coefficient (Wildman–Crippen LogP) is 4.50. The van der Waals surface area contributed by atoms with Crippen molar-refractivity contribution in [1.29, 1.82) is 0 Å². The molecule has 1 fully saturated rings. The Balaban J connectivity index is 1.25. The van der Waals surface area contributed by atoms with E-state index in [0.29, 0.717) is 36.8 Å². The van der Waals surface area contributed by atoms with Crippen LogP contribution in [0.25, 0.3) is 21.0 Å². The van der Waals surface area contributed by atoms with Crippen molar-refractivity contribution in [2.24, 2.45) is 5.92 Å². The first-order chi connectivity index (χ1) is 16.0. The molecule has 7 nitrogen and oxygen atoms in total. The topological polar surface area (TPSA) is 88.6 Å². The van der Waals surface area contributed by atoms with E-state index in [0.717, 1.165) is 21.0 Å². The average Bonchev–Trinajstić information content (AvgIpc) is 3.27. The second kappa shape index (κ2) is 8.74. The van der Waals surface area contributed by atoms with Crippen LogP contribution in [0.2, 0.25) is 0 Å². The Morgan fingerprint density at radius 3 is 2.52 bits per heavy atom. The molecule has 5 rings (SSSR count). The van der Waals surface area contributed by atoms with Crippen molar-refractivity contribution in [3.8, 4) is 5.75 Å². The van der Waals surface area contributed by atoms with Gasteiger partial charge in [-0.1, -0.05) is 41.7 Å². The maximum absolute atomic E-state index is 12.9. The van der Waals surface area contributed by atoms with E-state index < -0.39 is 10.0 Å². The third-order valence-electron chi connectivity index (χ3n) is 6.03. The summed E-state index contributed by atoms with van der Waals surface area (Å²) in [7, 11) is -2.06. The Morgan fingerprint density at radius 1 is 1.06 bits per heavy atom. The number of nitrogens with zero attached hydrogens (tertiary/aromatic N) is 2. The first-order valence-corrected chi connectivity index (χ1v) is 12.9. The van der Waals surface area contributed by atoms with Crippen LogP contribution in [0, 0.1) is 5.92 Å². The first kappa shape index (κ1) is 21.8. The zero-order valence-corrected chi connectivity index (χ0v) is 19.7. The standard InChI is InChI=1S/C24H23N3O4S2/c1-31-18-7-9-19(10-8-18)33(29,30)27-14-12-17(13-15-27)23(28)26-24-25-21-11-6-16-4-2-3-5-20(16)22(21)32-24/h2-11,17H,12-15H2,1H3,(H,25,26,28). The summed E-state index contributed by atoms with van der Waals surface area (Å²) in [6.45, 7) is 0.605. The minimum atomic E-state index is -3.60. The number of amides is 1. The van der Waals surface area contributed by atoms with E-state index in [1.165, 1.54) is 22.8 Å². The van der Waals surface area contributed by atoms with Crippen molar-refractivity contribution in [2.45, 2.75) is 17.7 Å². The van der Waals surface area contributed by atoms with Crippen LogP contribution >= 0.6 is 11.3 Å². The van der Waals surface area contributed by atoms with Crippen LogP contribution in [-0.2, 0) is 14.8 Å². The summed E-state index contributed by atoms with van der Waals surface area (Å²) < 4.78 is 33.5. The summed E-state index contributed by atoms with van der Waals surface area (Å²) >= 11 is 1.46. The van der Waals surface area contributed by atoms with Crippen LogP contribution in [0.1, 0.15) is 12.8 Å². The molecule has 2 heterocycles. The maximum atomic E-state index is 12.9. The molecular formula is C24H23N3O4S2. The highest BCUT2D eigenvalue weighted by Gasteiger charge is 2.32. The molecule has 0 atom stereocenters. The van der Waals surface area contributed by atoms with Gasteiger partial charge >= 0.3 is 0 Å². The predicted molar refractivity (Wildman–Crippen MR) is 130 cm³/mol. The van der Waals surface area contributed by atoms with Crippen molar-refractivity contribution in [3.05, 3.63) is 60.7 Å². The van der Waals surface area contributed by atoms with Crippen LogP contribution in [0.15, 0.2) is 65.6 Å². The smallest absolute Gasteiger partial charge is 0.243 e. The van der Waals surface area contributed by atoms with Gasteiger partial charge in [-0.05, 0) is 48.6 Å². The largest absolute Gasteiger partial charge is 0.497 e. The number of piperidine rings is 1. The quantitative estimate of drug-likeness (QED) is 0.454. The Morgan fingerprint density at radius 2 is 1.79 bits per heavy atom. The Bertz CT molecular complexity index is 1420.